The minimum atomic E-state index is 0.0219. The minimum Gasteiger partial charge on any atom is -0.487 e. The number of carbonyl (C=O) groups excluding carboxylic acids is 1. The molecule has 1 saturated carbocycles. The van der Waals surface area contributed by atoms with Gasteiger partial charge in [0.25, 0.3) is 0 Å². The van der Waals surface area contributed by atoms with Crippen LogP contribution in [-0.4, -0.2) is 18.4 Å². The number of hydrogen-bond acceptors (Lipinski definition) is 3. The molecule has 0 unspecified atom stereocenters. The van der Waals surface area contributed by atoms with Crippen molar-refractivity contribution >= 4 is 5.78 Å². The number of allylic oxidation sites excluding steroid dienone is 3. The summed E-state index contributed by atoms with van der Waals surface area (Å²) in [5.74, 6) is 1.34. The molecule has 3 nitrogen and oxygen atoms in total. The quantitative estimate of drug-likeness (QED) is 0.273. The molecule has 3 heteroatoms. The number of ether oxygens (including phenoxy) is 1. The first-order chi connectivity index (χ1) is 13.4. The Balaban J connectivity index is -0.000000473. The van der Waals surface area contributed by atoms with Gasteiger partial charge in [-0.25, -0.2) is 0 Å². The monoisotopic (exact) mass is 397 g/mol. The van der Waals surface area contributed by atoms with Crippen molar-refractivity contribution in [1.29, 1.82) is 0 Å². The lowest BCUT2D eigenvalue weighted by molar-refractivity contribution is -0.116. The molecule has 0 amide bonds. The highest BCUT2D eigenvalue weighted by Gasteiger charge is 2.22. The second-order valence-corrected chi connectivity index (χ2v) is 7.07. The van der Waals surface area contributed by atoms with Crippen LogP contribution in [-0.2, 0) is 9.53 Å². The van der Waals surface area contributed by atoms with E-state index in [1.807, 2.05) is 47.6 Å². The molecule has 2 N–H and O–H groups in total. The Labute approximate surface area is 177 Å². The summed E-state index contributed by atoms with van der Waals surface area (Å²) in [7, 11) is 0. The summed E-state index contributed by atoms with van der Waals surface area (Å²) < 4.78 is 5.84. The Bertz CT molecular complexity index is 387. The van der Waals surface area contributed by atoms with E-state index in [1.165, 1.54) is 38.5 Å². The van der Waals surface area contributed by atoms with E-state index in [2.05, 4.69) is 20.8 Å². The van der Waals surface area contributed by atoms with Gasteiger partial charge in [-0.2, -0.15) is 0 Å². The van der Waals surface area contributed by atoms with Gasteiger partial charge in [0.05, 0.1) is 6.10 Å². The molecule has 1 aliphatic carbocycles. The highest BCUT2D eigenvalue weighted by atomic mass is 16.5. The molecule has 0 aromatic carbocycles. The average Bonchev–Trinajstić information content (AvgIpc) is 2.73. The van der Waals surface area contributed by atoms with Crippen LogP contribution in [0.3, 0.4) is 0 Å². The van der Waals surface area contributed by atoms with Crippen LogP contribution >= 0.6 is 0 Å². The van der Waals surface area contributed by atoms with Gasteiger partial charge >= 0.3 is 0 Å². The van der Waals surface area contributed by atoms with Gasteiger partial charge < -0.3 is 10.5 Å². The van der Waals surface area contributed by atoms with Crippen LogP contribution in [0.4, 0.5) is 0 Å². The molecule has 28 heavy (non-hydrogen) atoms. The number of carbonyl (C=O) groups is 1. The summed E-state index contributed by atoms with van der Waals surface area (Å²) in [5, 5.41) is 0. The van der Waals surface area contributed by atoms with Crippen LogP contribution in [0.2, 0.25) is 0 Å². The Morgan fingerprint density at radius 1 is 0.964 bits per heavy atom. The smallest absolute Gasteiger partial charge is 0.222 e. The molecule has 1 rings (SSSR count). The second-order valence-electron chi connectivity index (χ2n) is 7.07. The Hall–Kier alpha value is -1.09. The van der Waals surface area contributed by atoms with E-state index in [-0.39, 0.29) is 11.9 Å². The fraction of sp³-hybridized carbons (Fsp3) is 0.800. The Morgan fingerprint density at radius 2 is 1.39 bits per heavy atom. The first-order valence-corrected chi connectivity index (χ1v) is 11.6. The lowest BCUT2D eigenvalue weighted by Gasteiger charge is -2.27. The average molecular weight is 398 g/mol. The highest BCUT2D eigenvalue weighted by Crippen LogP contribution is 2.27. The van der Waals surface area contributed by atoms with E-state index in [4.69, 9.17) is 10.5 Å². The SMILES string of the molecule is C/C=C(\C)C(=O)/C(=C\C)OC1CCC(C)CC1.CC.CCCCCC.CCN. The van der Waals surface area contributed by atoms with Crippen LogP contribution in [0.1, 0.15) is 114 Å². The van der Waals surface area contributed by atoms with Crippen molar-refractivity contribution in [3.63, 3.8) is 0 Å². The van der Waals surface area contributed by atoms with E-state index in [1.54, 1.807) is 6.08 Å². The molecule has 168 valence electrons. The maximum atomic E-state index is 12.0. The molecule has 1 fully saturated rings. The minimum absolute atomic E-state index is 0.0219. The predicted molar refractivity (Wildman–Crippen MR) is 127 cm³/mol. The standard InChI is InChI=1S/C15H24O2.C6H14.C2H7N.C2H6/c1-5-12(4)15(16)14(6-2)17-13-9-7-11(3)8-10-13;1-3-5-6-4-2;1-2-3;1-2/h5-6,11,13H,7-10H2,1-4H3;3-6H2,1-2H3;2-3H2,1H3;1-2H3/b12-5+,14-6+;;;. The van der Waals surface area contributed by atoms with Crippen LogP contribution in [0, 0.1) is 5.92 Å². The predicted octanol–water partition coefficient (Wildman–Crippen LogP) is 7.60. The van der Waals surface area contributed by atoms with E-state index in [0.29, 0.717) is 5.76 Å². The van der Waals surface area contributed by atoms with Gasteiger partial charge in [0.15, 0.2) is 5.76 Å². The van der Waals surface area contributed by atoms with E-state index in [0.717, 1.165) is 30.9 Å². The molecule has 0 aromatic heterocycles. The molecule has 0 saturated heterocycles. The van der Waals surface area contributed by atoms with Crippen LogP contribution in [0.15, 0.2) is 23.5 Å². The summed E-state index contributed by atoms with van der Waals surface area (Å²) in [6.07, 6.45) is 13.9. The van der Waals surface area contributed by atoms with Gasteiger partial charge in [-0.3, -0.25) is 4.79 Å². The first kappa shape index (κ1) is 31.6. The molecular weight excluding hydrogens is 346 g/mol. The van der Waals surface area contributed by atoms with Gasteiger partial charge in [0.1, 0.15) is 0 Å². The van der Waals surface area contributed by atoms with Crippen molar-refractivity contribution in [2.45, 2.75) is 120 Å². The third kappa shape index (κ3) is 18.3. The maximum Gasteiger partial charge on any atom is 0.222 e. The molecule has 0 bridgehead atoms. The maximum absolute atomic E-state index is 12.0. The van der Waals surface area contributed by atoms with E-state index < -0.39 is 0 Å². The Kier molecular flexibility index (Phi) is 27.0. The molecule has 0 aromatic rings. The van der Waals surface area contributed by atoms with Crippen molar-refractivity contribution < 1.29 is 9.53 Å². The largest absolute Gasteiger partial charge is 0.487 e. The van der Waals surface area contributed by atoms with Crippen molar-refractivity contribution in [2.75, 3.05) is 6.54 Å². The summed E-state index contributed by atoms with van der Waals surface area (Å²) in [6.45, 7) is 19.0. The van der Waals surface area contributed by atoms with E-state index in [9.17, 15) is 4.79 Å². The molecular formula is C25H51NO2. The van der Waals surface area contributed by atoms with Gasteiger partial charge in [-0.15, -0.1) is 0 Å². The lowest BCUT2D eigenvalue weighted by atomic mass is 9.89. The summed E-state index contributed by atoms with van der Waals surface area (Å²) >= 11 is 0. The molecule has 0 atom stereocenters. The zero-order valence-corrected chi connectivity index (χ0v) is 20.6. The zero-order chi connectivity index (χ0) is 22.4. The van der Waals surface area contributed by atoms with Gasteiger partial charge in [0, 0.05) is 0 Å². The summed E-state index contributed by atoms with van der Waals surface area (Å²) in [6, 6.07) is 0. The molecule has 0 spiro atoms. The van der Waals surface area contributed by atoms with E-state index >= 15 is 0 Å². The third-order valence-corrected chi connectivity index (χ3v) is 4.49. The van der Waals surface area contributed by atoms with Gasteiger partial charge in [-0.1, -0.05) is 73.3 Å². The van der Waals surface area contributed by atoms with Crippen LogP contribution in [0.25, 0.3) is 0 Å². The number of ketones is 1. The molecule has 0 radical (unpaired) electrons. The molecule has 0 aliphatic heterocycles. The number of rotatable bonds is 7. The topological polar surface area (TPSA) is 52.3 Å². The van der Waals surface area contributed by atoms with Crippen LogP contribution in [0.5, 0.6) is 0 Å². The summed E-state index contributed by atoms with van der Waals surface area (Å²) in [4.78, 5) is 12.0. The number of nitrogens with two attached hydrogens (primary N) is 1. The second kappa shape index (κ2) is 23.9. The molecule has 1 aliphatic rings. The van der Waals surface area contributed by atoms with Crippen molar-refractivity contribution in [2.24, 2.45) is 11.7 Å². The van der Waals surface area contributed by atoms with Crippen molar-refractivity contribution in [3.8, 4) is 0 Å². The van der Waals surface area contributed by atoms with Crippen molar-refractivity contribution in [1.82, 2.24) is 0 Å². The first-order valence-electron chi connectivity index (χ1n) is 11.6. The normalized spacial score (nSPS) is 19.1. The third-order valence-electron chi connectivity index (χ3n) is 4.49. The number of Topliss-reactive ketones (excluding diaryl/α,β-unsaturated/α-hetero) is 1. The Morgan fingerprint density at radius 3 is 1.71 bits per heavy atom. The number of hydrogen-bond donors (Lipinski definition) is 1. The van der Waals surface area contributed by atoms with Crippen molar-refractivity contribution in [3.05, 3.63) is 23.5 Å². The van der Waals surface area contributed by atoms with Crippen LogP contribution < -0.4 is 5.73 Å². The lowest BCUT2D eigenvalue weighted by Crippen LogP contribution is -2.22. The summed E-state index contributed by atoms with van der Waals surface area (Å²) in [5.41, 5.74) is 5.60. The fourth-order valence-electron chi connectivity index (χ4n) is 2.60. The van der Waals surface area contributed by atoms with Gasteiger partial charge in [-0.05, 0) is 70.6 Å². The van der Waals surface area contributed by atoms with Gasteiger partial charge in [0.2, 0.25) is 5.78 Å². The fourth-order valence-corrected chi connectivity index (χ4v) is 2.60. The number of unbranched alkanes of at least 4 members (excludes halogenated alkanes) is 3. The zero-order valence-electron chi connectivity index (χ0n) is 20.6. The molecule has 0 heterocycles. The highest BCUT2D eigenvalue weighted by molar-refractivity contribution is 6.06.